The van der Waals surface area contributed by atoms with Crippen LogP contribution < -0.4 is 0 Å². The lowest BCUT2D eigenvalue weighted by Crippen LogP contribution is -2.47. The Bertz CT molecular complexity index is 608. The number of hydrogen-bond donors (Lipinski definition) is 0. The average molecular weight is 439 g/mol. The monoisotopic (exact) mass is 438 g/mol. The number of amides is 2. The summed E-state index contributed by atoms with van der Waals surface area (Å²) in [6, 6.07) is 0.344. The molecule has 2 atom stereocenters. The summed E-state index contributed by atoms with van der Waals surface area (Å²) in [5, 5.41) is 0. The van der Waals surface area contributed by atoms with Crippen molar-refractivity contribution in [1.82, 2.24) is 9.80 Å². The van der Waals surface area contributed by atoms with Crippen LogP contribution in [0, 0.1) is 5.41 Å². The highest BCUT2D eigenvalue weighted by molar-refractivity contribution is 6.00. The SMILES string of the molecule is CC[C@H]1CCCCN1C(=O)COC(=O)C(C)(C)C(=O)OCC(=O)N1CCCC[C@@H]1CC. The van der Waals surface area contributed by atoms with Crippen LogP contribution in [0.2, 0.25) is 0 Å². The normalized spacial score (nSPS) is 22.1. The van der Waals surface area contributed by atoms with Gasteiger partial charge in [-0.1, -0.05) is 13.8 Å². The number of hydrogen-bond acceptors (Lipinski definition) is 6. The zero-order valence-electron chi connectivity index (χ0n) is 19.5. The molecule has 0 aliphatic carbocycles. The van der Waals surface area contributed by atoms with Gasteiger partial charge < -0.3 is 19.3 Å². The van der Waals surface area contributed by atoms with Gasteiger partial charge in [0.25, 0.3) is 11.8 Å². The Kier molecular flexibility index (Phi) is 9.32. The van der Waals surface area contributed by atoms with Crippen LogP contribution in [-0.2, 0) is 28.7 Å². The first-order valence-electron chi connectivity index (χ1n) is 11.7. The molecule has 2 heterocycles. The maximum absolute atomic E-state index is 12.5. The van der Waals surface area contributed by atoms with E-state index >= 15 is 0 Å². The van der Waals surface area contributed by atoms with E-state index in [-0.39, 0.29) is 23.9 Å². The van der Waals surface area contributed by atoms with E-state index < -0.39 is 30.6 Å². The molecule has 2 aliphatic heterocycles. The van der Waals surface area contributed by atoms with Gasteiger partial charge in [0.2, 0.25) is 0 Å². The number of rotatable bonds is 8. The largest absolute Gasteiger partial charge is 0.455 e. The minimum absolute atomic E-state index is 0.172. The smallest absolute Gasteiger partial charge is 0.323 e. The van der Waals surface area contributed by atoms with E-state index in [9.17, 15) is 19.2 Å². The van der Waals surface area contributed by atoms with E-state index in [1.165, 1.54) is 13.8 Å². The Balaban J connectivity index is 1.84. The van der Waals surface area contributed by atoms with Crippen molar-refractivity contribution in [3.05, 3.63) is 0 Å². The molecule has 2 saturated heterocycles. The first-order valence-corrected chi connectivity index (χ1v) is 11.7. The third kappa shape index (κ3) is 6.43. The molecule has 176 valence electrons. The topological polar surface area (TPSA) is 93.2 Å². The van der Waals surface area contributed by atoms with Gasteiger partial charge in [-0.15, -0.1) is 0 Å². The van der Waals surface area contributed by atoms with Crippen molar-refractivity contribution in [2.45, 2.75) is 91.1 Å². The van der Waals surface area contributed by atoms with E-state index in [2.05, 4.69) is 0 Å². The van der Waals surface area contributed by atoms with Gasteiger partial charge in [0, 0.05) is 25.2 Å². The summed E-state index contributed by atoms with van der Waals surface area (Å²) in [5.41, 5.74) is -1.60. The van der Waals surface area contributed by atoms with Gasteiger partial charge in [-0.3, -0.25) is 19.2 Å². The van der Waals surface area contributed by atoms with E-state index in [4.69, 9.17) is 9.47 Å². The lowest BCUT2D eigenvalue weighted by molar-refractivity contribution is -0.174. The van der Waals surface area contributed by atoms with Gasteiger partial charge in [-0.25, -0.2) is 0 Å². The van der Waals surface area contributed by atoms with Crippen molar-refractivity contribution in [3.8, 4) is 0 Å². The second-order valence-corrected chi connectivity index (χ2v) is 9.07. The second kappa shape index (κ2) is 11.5. The van der Waals surface area contributed by atoms with Gasteiger partial charge in [0.1, 0.15) is 0 Å². The molecule has 0 aromatic heterocycles. The first-order chi connectivity index (χ1) is 14.7. The molecule has 0 N–H and O–H groups in total. The minimum Gasteiger partial charge on any atom is -0.455 e. The molecule has 0 saturated carbocycles. The third-order valence-electron chi connectivity index (χ3n) is 6.51. The number of ether oxygens (including phenoxy) is 2. The Morgan fingerprint density at radius 2 is 1.13 bits per heavy atom. The van der Waals surface area contributed by atoms with Gasteiger partial charge in [0.15, 0.2) is 18.6 Å². The zero-order chi connectivity index (χ0) is 23.0. The summed E-state index contributed by atoms with van der Waals surface area (Å²) in [6.07, 6.45) is 7.71. The molecule has 2 fully saturated rings. The fourth-order valence-corrected chi connectivity index (χ4v) is 4.37. The van der Waals surface area contributed by atoms with Crippen molar-refractivity contribution < 1.29 is 28.7 Å². The highest BCUT2D eigenvalue weighted by Crippen LogP contribution is 2.23. The number of carbonyl (C=O) groups excluding carboxylic acids is 4. The Morgan fingerprint density at radius 3 is 1.48 bits per heavy atom. The van der Waals surface area contributed by atoms with Crippen LogP contribution in [0.1, 0.15) is 79.1 Å². The Hall–Kier alpha value is -2.12. The molecule has 31 heavy (non-hydrogen) atoms. The summed E-state index contributed by atoms with van der Waals surface area (Å²) in [5.74, 6) is -2.13. The molecule has 0 aromatic rings. The number of likely N-dealkylation sites (tertiary alicyclic amines) is 2. The van der Waals surface area contributed by atoms with Crippen molar-refractivity contribution in [2.24, 2.45) is 5.41 Å². The van der Waals surface area contributed by atoms with Crippen LogP contribution in [0.3, 0.4) is 0 Å². The molecule has 2 rings (SSSR count). The van der Waals surface area contributed by atoms with Crippen LogP contribution in [0.5, 0.6) is 0 Å². The van der Waals surface area contributed by atoms with Crippen LogP contribution >= 0.6 is 0 Å². The van der Waals surface area contributed by atoms with Gasteiger partial charge in [0.05, 0.1) is 0 Å². The molecule has 2 aliphatic rings. The van der Waals surface area contributed by atoms with Crippen LogP contribution in [0.25, 0.3) is 0 Å². The minimum atomic E-state index is -1.60. The summed E-state index contributed by atoms with van der Waals surface area (Å²) in [4.78, 5) is 53.5. The van der Waals surface area contributed by atoms with Crippen LogP contribution in [0.4, 0.5) is 0 Å². The lowest BCUT2D eigenvalue weighted by atomic mass is 9.94. The van der Waals surface area contributed by atoms with E-state index in [1.807, 2.05) is 13.8 Å². The lowest BCUT2D eigenvalue weighted by Gasteiger charge is -2.35. The molecule has 0 bridgehead atoms. The summed E-state index contributed by atoms with van der Waals surface area (Å²) in [6.45, 7) is 7.39. The van der Waals surface area contributed by atoms with Crippen molar-refractivity contribution in [3.63, 3.8) is 0 Å². The average Bonchev–Trinajstić information content (AvgIpc) is 2.80. The van der Waals surface area contributed by atoms with Gasteiger partial charge >= 0.3 is 11.9 Å². The van der Waals surface area contributed by atoms with Crippen molar-refractivity contribution in [1.29, 1.82) is 0 Å². The predicted octanol–water partition coefficient (Wildman–Crippen LogP) is 2.68. The second-order valence-electron chi connectivity index (χ2n) is 9.07. The van der Waals surface area contributed by atoms with Gasteiger partial charge in [-0.05, 0) is 65.2 Å². The van der Waals surface area contributed by atoms with Crippen molar-refractivity contribution >= 4 is 23.8 Å². The number of carbonyl (C=O) groups is 4. The summed E-state index contributed by atoms with van der Waals surface area (Å²) in [7, 11) is 0. The highest BCUT2D eigenvalue weighted by Gasteiger charge is 2.41. The maximum Gasteiger partial charge on any atom is 0.323 e. The standard InChI is InChI=1S/C23H38N2O6/c1-5-17-11-7-9-13-24(17)19(26)15-30-21(28)23(3,4)22(29)31-16-20(27)25-14-10-8-12-18(25)6-2/h17-18H,5-16H2,1-4H3/t17-,18-/m0/s1. The Labute approximate surface area is 185 Å². The van der Waals surface area contributed by atoms with Crippen LogP contribution in [-0.4, -0.2) is 71.9 Å². The molecule has 2 amide bonds. The third-order valence-corrected chi connectivity index (χ3v) is 6.51. The Morgan fingerprint density at radius 1 is 0.742 bits per heavy atom. The maximum atomic E-state index is 12.5. The summed E-state index contributed by atoms with van der Waals surface area (Å²) < 4.78 is 10.3. The molecular formula is C23H38N2O6. The molecule has 0 aromatic carbocycles. The predicted molar refractivity (Wildman–Crippen MR) is 115 cm³/mol. The van der Waals surface area contributed by atoms with E-state index in [0.29, 0.717) is 13.1 Å². The summed E-state index contributed by atoms with van der Waals surface area (Å²) >= 11 is 0. The zero-order valence-corrected chi connectivity index (χ0v) is 19.5. The molecule has 0 spiro atoms. The highest BCUT2D eigenvalue weighted by atomic mass is 16.6. The van der Waals surface area contributed by atoms with Crippen molar-refractivity contribution in [2.75, 3.05) is 26.3 Å². The van der Waals surface area contributed by atoms with E-state index in [0.717, 1.165) is 51.4 Å². The molecular weight excluding hydrogens is 400 g/mol. The molecule has 8 nitrogen and oxygen atoms in total. The number of nitrogens with zero attached hydrogens (tertiary/aromatic N) is 2. The fraction of sp³-hybridized carbons (Fsp3) is 0.826. The van der Waals surface area contributed by atoms with Gasteiger partial charge in [-0.2, -0.15) is 0 Å². The molecule has 8 heteroatoms. The van der Waals surface area contributed by atoms with Crippen LogP contribution in [0.15, 0.2) is 0 Å². The first kappa shape index (κ1) is 25.1. The molecule has 0 radical (unpaired) electrons. The van der Waals surface area contributed by atoms with E-state index in [1.54, 1.807) is 9.80 Å². The fourth-order valence-electron chi connectivity index (χ4n) is 4.37. The number of piperidine rings is 2. The number of esters is 2. The quantitative estimate of drug-likeness (QED) is 0.427. The molecule has 0 unspecified atom stereocenters.